The molecule has 116 valence electrons. The van der Waals surface area contributed by atoms with Crippen LogP contribution < -0.4 is 5.73 Å². The smallest absolute Gasteiger partial charge is 0.0108 e. The van der Waals surface area contributed by atoms with Crippen molar-refractivity contribution in [2.24, 2.45) is 5.73 Å². The maximum Gasteiger partial charge on any atom is 0.0108 e. The van der Waals surface area contributed by atoms with Crippen molar-refractivity contribution < 1.29 is 0 Å². The van der Waals surface area contributed by atoms with E-state index in [9.17, 15) is 0 Å². The van der Waals surface area contributed by atoms with Crippen LogP contribution in [0.5, 0.6) is 0 Å². The van der Waals surface area contributed by atoms with Crippen LogP contribution in [0.25, 0.3) is 0 Å². The highest BCUT2D eigenvalue weighted by molar-refractivity contribution is 5.32. The second kappa shape index (κ2) is 7.42. The summed E-state index contributed by atoms with van der Waals surface area (Å²) in [4.78, 5) is 2.71. The second-order valence-corrected chi connectivity index (χ2v) is 6.86. The van der Waals surface area contributed by atoms with Crippen LogP contribution in [0.4, 0.5) is 0 Å². The Labute approximate surface area is 129 Å². The van der Waals surface area contributed by atoms with E-state index in [0.29, 0.717) is 0 Å². The number of hydrogen-bond donors (Lipinski definition) is 1. The summed E-state index contributed by atoms with van der Waals surface area (Å²) in [5, 5.41) is 0. The monoisotopic (exact) mass is 286 g/mol. The third-order valence-corrected chi connectivity index (χ3v) is 5.46. The molecule has 1 aromatic rings. The molecule has 0 bridgehead atoms. The van der Waals surface area contributed by atoms with E-state index in [-0.39, 0.29) is 0 Å². The molecule has 1 saturated carbocycles. The lowest BCUT2D eigenvalue weighted by Crippen LogP contribution is -2.42. The third kappa shape index (κ3) is 3.67. The Bertz CT molecular complexity index is 437. The molecular weight excluding hydrogens is 256 g/mol. The number of nitrogens with zero attached hydrogens (tertiary/aromatic N) is 1. The summed E-state index contributed by atoms with van der Waals surface area (Å²) in [7, 11) is 0. The number of aryl methyl sites for hydroxylation is 1. The van der Waals surface area contributed by atoms with E-state index in [1.54, 1.807) is 11.1 Å². The number of nitrogens with two attached hydrogens (primary N) is 1. The van der Waals surface area contributed by atoms with Crippen LogP contribution in [0.1, 0.15) is 62.0 Å². The molecule has 3 rings (SSSR count). The Balaban J connectivity index is 1.71. The van der Waals surface area contributed by atoms with Gasteiger partial charge in [0.2, 0.25) is 0 Å². The molecule has 1 unspecified atom stereocenters. The first-order valence-electron chi connectivity index (χ1n) is 8.90. The Hall–Kier alpha value is -0.860. The lowest BCUT2D eigenvalue weighted by Gasteiger charge is -2.38. The molecule has 0 amide bonds. The van der Waals surface area contributed by atoms with Crippen molar-refractivity contribution in [3.8, 4) is 0 Å². The summed E-state index contributed by atoms with van der Waals surface area (Å²) in [6.07, 6.45) is 11.0. The fourth-order valence-corrected chi connectivity index (χ4v) is 4.36. The minimum atomic E-state index is 0.725. The SMILES string of the molecule is NCCN(CC1CCCc2ccccc21)C1CCCCC1. The number of fused-ring (bicyclic) bond motifs is 1. The number of hydrogen-bond acceptors (Lipinski definition) is 2. The third-order valence-electron chi connectivity index (χ3n) is 5.46. The van der Waals surface area contributed by atoms with Crippen molar-refractivity contribution in [1.29, 1.82) is 0 Å². The Kier molecular flexibility index (Phi) is 5.32. The van der Waals surface area contributed by atoms with Crippen molar-refractivity contribution in [2.45, 2.75) is 63.3 Å². The molecule has 0 spiro atoms. The Morgan fingerprint density at radius 3 is 2.62 bits per heavy atom. The van der Waals surface area contributed by atoms with Gasteiger partial charge < -0.3 is 5.73 Å². The quantitative estimate of drug-likeness (QED) is 0.894. The van der Waals surface area contributed by atoms with Crippen LogP contribution in [-0.4, -0.2) is 30.6 Å². The normalized spacial score (nSPS) is 23.2. The van der Waals surface area contributed by atoms with E-state index in [2.05, 4.69) is 29.2 Å². The first kappa shape index (κ1) is 15.1. The predicted octanol–water partition coefficient (Wildman–Crippen LogP) is 3.70. The first-order chi connectivity index (χ1) is 10.4. The van der Waals surface area contributed by atoms with Crippen LogP contribution >= 0.6 is 0 Å². The van der Waals surface area contributed by atoms with Gasteiger partial charge in [-0.15, -0.1) is 0 Å². The van der Waals surface area contributed by atoms with Gasteiger partial charge in [-0.2, -0.15) is 0 Å². The van der Waals surface area contributed by atoms with Crippen LogP contribution in [0.15, 0.2) is 24.3 Å². The second-order valence-electron chi connectivity index (χ2n) is 6.86. The molecule has 2 aliphatic rings. The molecule has 1 atom stereocenters. The highest BCUT2D eigenvalue weighted by atomic mass is 15.2. The maximum atomic E-state index is 5.89. The van der Waals surface area contributed by atoms with Crippen molar-refractivity contribution in [3.05, 3.63) is 35.4 Å². The molecule has 0 aliphatic heterocycles. The van der Waals surface area contributed by atoms with Gasteiger partial charge in [-0.05, 0) is 49.1 Å². The largest absolute Gasteiger partial charge is 0.329 e. The average molecular weight is 286 g/mol. The molecule has 2 N–H and O–H groups in total. The number of benzene rings is 1. The summed E-state index contributed by atoms with van der Waals surface area (Å²) in [6.45, 7) is 3.09. The van der Waals surface area contributed by atoms with Gasteiger partial charge in [0.05, 0.1) is 0 Å². The van der Waals surface area contributed by atoms with E-state index >= 15 is 0 Å². The Morgan fingerprint density at radius 2 is 1.81 bits per heavy atom. The fraction of sp³-hybridized carbons (Fsp3) is 0.684. The average Bonchev–Trinajstić information content (AvgIpc) is 2.55. The molecule has 1 fully saturated rings. The number of rotatable bonds is 5. The minimum absolute atomic E-state index is 0.725. The van der Waals surface area contributed by atoms with Gasteiger partial charge in [-0.1, -0.05) is 43.5 Å². The van der Waals surface area contributed by atoms with Gasteiger partial charge in [-0.25, -0.2) is 0 Å². The van der Waals surface area contributed by atoms with Crippen LogP contribution in [-0.2, 0) is 6.42 Å². The van der Waals surface area contributed by atoms with E-state index in [0.717, 1.165) is 25.0 Å². The maximum absolute atomic E-state index is 5.89. The molecule has 0 radical (unpaired) electrons. The minimum Gasteiger partial charge on any atom is -0.329 e. The molecule has 2 aliphatic carbocycles. The lowest BCUT2D eigenvalue weighted by atomic mass is 9.82. The molecule has 0 aromatic heterocycles. The first-order valence-corrected chi connectivity index (χ1v) is 8.90. The summed E-state index contributed by atoms with van der Waals surface area (Å²) < 4.78 is 0. The topological polar surface area (TPSA) is 29.3 Å². The molecule has 1 aromatic carbocycles. The molecular formula is C19H30N2. The zero-order valence-electron chi connectivity index (χ0n) is 13.3. The van der Waals surface area contributed by atoms with Gasteiger partial charge in [0, 0.05) is 25.7 Å². The summed E-state index contributed by atoms with van der Waals surface area (Å²) in [5.74, 6) is 0.725. The molecule has 2 heteroatoms. The van der Waals surface area contributed by atoms with Gasteiger partial charge >= 0.3 is 0 Å². The van der Waals surface area contributed by atoms with Crippen LogP contribution in [0.2, 0.25) is 0 Å². The van der Waals surface area contributed by atoms with Gasteiger partial charge in [0.25, 0.3) is 0 Å². The van der Waals surface area contributed by atoms with Crippen molar-refractivity contribution in [3.63, 3.8) is 0 Å². The summed E-state index contributed by atoms with van der Waals surface area (Å²) in [6, 6.07) is 9.89. The predicted molar refractivity (Wildman–Crippen MR) is 89.6 cm³/mol. The highest BCUT2D eigenvalue weighted by Crippen LogP contribution is 2.33. The molecule has 0 heterocycles. The Morgan fingerprint density at radius 1 is 1.00 bits per heavy atom. The van der Waals surface area contributed by atoms with E-state index in [1.165, 1.54) is 57.9 Å². The van der Waals surface area contributed by atoms with E-state index in [1.807, 2.05) is 0 Å². The molecule has 21 heavy (non-hydrogen) atoms. The highest BCUT2D eigenvalue weighted by Gasteiger charge is 2.26. The zero-order chi connectivity index (χ0) is 14.5. The van der Waals surface area contributed by atoms with E-state index < -0.39 is 0 Å². The van der Waals surface area contributed by atoms with Crippen molar-refractivity contribution in [2.75, 3.05) is 19.6 Å². The van der Waals surface area contributed by atoms with Crippen molar-refractivity contribution >= 4 is 0 Å². The van der Waals surface area contributed by atoms with Crippen LogP contribution in [0.3, 0.4) is 0 Å². The van der Waals surface area contributed by atoms with Gasteiger partial charge in [0.1, 0.15) is 0 Å². The standard InChI is InChI=1S/C19H30N2/c20-13-14-21(18-10-2-1-3-11-18)15-17-9-6-8-16-7-4-5-12-19(16)17/h4-5,7,12,17-18H,1-3,6,8-11,13-15,20H2. The molecule has 0 saturated heterocycles. The molecule has 2 nitrogen and oxygen atoms in total. The van der Waals surface area contributed by atoms with Crippen LogP contribution in [0, 0.1) is 0 Å². The fourth-order valence-electron chi connectivity index (χ4n) is 4.36. The lowest BCUT2D eigenvalue weighted by molar-refractivity contribution is 0.147. The zero-order valence-corrected chi connectivity index (χ0v) is 13.3. The summed E-state index contributed by atoms with van der Waals surface area (Å²) >= 11 is 0. The summed E-state index contributed by atoms with van der Waals surface area (Å²) in [5.41, 5.74) is 9.09. The van der Waals surface area contributed by atoms with Crippen molar-refractivity contribution in [1.82, 2.24) is 4.90 Å². The van der Waals surface area contributed by atoms with E-state index in [4.69, 9.17) is 5.73 Å². The van der Waals surface area contributed by atoms with Gasteiger partial charge in [0.15, 0.2) is 0 Å². The van der Waals surface area contributed by atoms with Gasteiger partial charge in [-0.3, -0.25) is 4.90 Å².